The lowest BCUT2D eigenvalue weighted by atomic mass is 9.86. The van der Waals surface area contributed by atoms with E-state index >= 15 is 0 Å². The van der Waals surface area contributed by atoms with Crippen molar-refractivity contribution in [1.29, 1.82) is 0 Å². The van der Waals surface area contributed by atoms with Crippen LogP contribution in [0, 0.1) is 0 Å². The molecule has 2 aromatic heterocycles. The summed E-state index contributed by atoms with van der Waals surface area (Å²) < 4.78 is 2.31. The lowest BCUT2D eigenvalue weighted by Gasteiger charge is -2.20. The quantitative estimate of drug-likeness (QED) is 0.377. The third kappa shape index (κ3) is 4.47. The summed E-state index contributed by atoms with van der Waals surface area (Å²) in [6.45, 7) is 6.68. The maximum Gasteiger partial charge on any atom is 0.258 e. The van der Waals surface area contributed by atoms with E-state index in [2.05, 4.69) is 69.8 Å². The number of hydrogen-bond donors (Lipinski definition) is 1. The minimum absolute atomic E-state index is 0.104. The minimum atomic E-state index is -0.104. The van der Waals surface area contributed by atoms with E-state index in [1.165, 1.54) is 18.4 Å². The molecule has 1 saturated carbocycles. The van der Waals surface area contributed by atoms with Gasteiger partial charge in [0.25, 0.3) is 5.56 Å². The smallest absolute Gasteiger partial charge is 0.258 e. The van der Waals surface area contributed by atoms with Crippen LogP contribution in [0.15, 0.2) is 58.5 Å². The number of nitrogens with one attached hydrogen (secondary N) is 1. The molecular weight excluding hydrogens is 430 g/mol. The van der Waals surface area contributed by atoms with Gasteiger partial charge in [0.1, 0.15) is 5.82 Å². The van der Waals surface area contributed by atoms with Crippen molar-refractivity contribution in [1.82, 2.24) is 24.7 Å². The van der Waals surface area contributed by atoms with E-state index in [0.717, 1.165) is 29.4 Å². The second-order valence-electron chi connectivity index (χ2n) is 9.76. The maximum absolute atomic E-state index is 12.4. The Kier molecular flexibility index (Phi) is 5.83. The van der Waals surface area contributed by atoms with Crippen LogP contribution in [-0.2, 0) is 11.2 Å². The van der Waals surface area contributed by atoms with Gasteiger partial charge in [-0.2, -0.15) is 0 Å². The van der Waals surface area contributed by atoms with Crippen LogP contribution in [0.4, 0.5) is 0 Å². The summed E-state index contributed by atoms with van der Waals surface area (Å²) in [6, 6.07) is 16.5. The van der Waals surface area contributed by atoms with E-state index < -0.39 is 0 Å². The van der Waals surface area contributed by atoms with Gasteiger partial charge in [0, 0.05) is 11.6 Å². The highest BCUT2D eigenvalue weighted by Crippen LogP contribution is 2.37. The molecule has 1 N–H and O–H groups in total. The van der Waals surface area contributed by atoms with Crippen molar-refractivity contribution in [3.8, 4) is 11.4 Å². The molecule has 33 heavy (non-hydrogen) atoms. The normalized spacial score (nSPS) is 14.9. The summed E-state index contributed by atoms with van der Waals surface area (Å²) >= 11 is 1.58. The molecule has 0 aliphatic heterocycles. The predicted octanol–water partition coefficient (Wildman–Crippen LogP) is 5.89. The lowest BCUT2D eigenvalue weighted by molar-refractivity contribution is 0.485. The van der Waals surface area contributed by atoms with Crippen molar-refractivity contribution in [3.05, 3.63) is 70.3 Å². The zero-order valence-corrected chi connectivity index (χ0v) is 20.2. The van der Waals surface area contributed by atoms with Crippen molar-refractivity contribution in [3.63, 3.8) is 0 Å². The van der Waals surface area contributed by atoms with Gasteiger partial charge in [0.05, 0.1) is 16.7 Å². The number of aromatic amines is 1. The summed E-state index contributed by atoms with van der Waals surface area (Å²) in [5.74, 6) is 2.11. The highest BCUT2D eigenvalue weighted by atomic mass is 32.2. The number of H-pyrrole nitrogens is 1. The van der Waals surface area contributed by atoms with E-state index in [-0.39, 0.29) is 11.0 Å². The summed E-state index contributed by atoms with van der Waals surface area (Å²) in [4.78, 5) is 20.0. The Hall–Kier alpha value is -2.93. The van der Waals surface area contributed by atoms with Gasteiger partial charge in [0.15, 0.2) is 11.0 Å². The van der Waals surface area contributed by atoms with Gasteiger partial charge in [-0.15, -0.1) is 10.2 Å². The van der Waals surface area contributed by atoms with Gasteiger partial charge in [-0.1, -0.05) is 81.8 Å². The van der Waals surface area contributed by atoms with Gasteiger partial charge in [-0.05, 0) is 36.0 Å². The van der Waals surface area contributed by atoms with Crippen LogP contribution in [0.2, 0.25) is 0 Å². The van der Waals surface area contributed by atoms with E-state index in [0.29, 0.717) is 28.5 Å². The summed E-state index contributed by atoms with van der Waals surface area (Å²) in [6.07, 6.45) is 4.75. The first-order chi connectivity index (χ1) is 15.9. The first-order valence-corrected chi connectivity index (χ1v) is 12.6. The predicted molar refractivity (Wildman–Crippen MR) is 134 cm³/mol. The third-order valence-electron chi connectivity index (χ3n) is 6.36. The number of fused-ring (bicyclic) bond motifs is 1. The number of aromatic nitrogens is 5. The molecule has 0 spiro atoms. The van der Waals surface area contributed by atoms with Crippen LogP contribution in [0.25, 0.3) is 22.3 Å². The monoisotopic (exact) mass is 459 g/mol. The van der Waals surface area contributed by atoms with Crippen molar-refractivity contribution in [2.45, 2.75) is 68.8 Å². The Morgan fingerprint density at radius 1 is 1.03 bits per heavy atom. The van der Waals surface area contributed by atoms with Gasteiger partial charge in [0.2, 0.25) is 0 Å². The zero-order chi connectivity index (χ0) is 23.0. The molecule has 0 unspecified atom stereocenters. The Morgan fingerprint density at radius 3 is 2.48 bits per heavy atom. The summed E-state index contributed by atoms with van der Waals surface area (Å²) in [5.41, 5.74) is 3.12. The molecule has 0 saturated heterocycles. The molecule has 2 heterocycles. The zero-order valence-electron chi connectivity index (χ0n) is 19.3. The molecule has 170 valence electrons. The van der Waals surface area contributed by atoms with Gasteiger partial charge in [-0.25, -0.2) is 4.98 Å². The summed E-state index contributed by atoms with van der Waals surface area (Å²) in [7, 11) is 0. The topological polar surface area (TPSA) is 76.5 Å². The van der Waals surface area contributed by atoms with E-state index in [4.69, 9.17) is 0 Å². The first-order valence-electron chi connectivity index (χ1n) is 11.6. The van der Waals surface area contributed by atoms with Crippen molar-refractivity contribution in [2.75, 3.05) is 0 Å². The number of para-hydroxylation sites is 1. The highest BCUT2D eigenvalue weighted by Gasteiger charge is 2.25. The van der Waals surface area contributed by atoms with Crippen molar-refractivity contribution < 1.29 is 0 Å². The van der Waals surface area contributed by atoms with Gasteiger partial charge < -0.3 is 4.98 Å². The molecule has 1 aliphatic rings. The van der Waals surface area contributed by atoms with E-state index in [1.807, 2.05) is 18.2 Å². The Balaban J connectivity index is 1.46. The lowest BCUT2D eigenvalue weighted by Crippen LogP contribution is -2.12. The number of thioether (sulfide) groups is 1. The van der Waals surface area contributed by atoms with Gasteiger partial charge >= 0.3 is 0 Å². The highest BCUT2D eigenvalue weighted by molar-refractivity contribution is 7.98. The number of hydrogen-bond acceptors (Lipinski definition) is 5. The van der Waals surface area contributed by atoms with Crippen LogP contribution >= 0.6 is 11.8 Å². The molecule has 2 aromatic carbocycles. The Labute approximate surface area is 197 Å². The average molecular weight is 460 g/mol. The van der Waals surface area contributed by atoms with Crippen LogP contribution in [0.1, 0.15) is 63.9 Å². The van der Waals surface area contributed by atoms with Crippen LogP contribution in [0.5, 0.6) is 0 Å². The molecule has 0 amide bonds. The van der Waals surface area contributed by atoms with Crippen LogP contribution in [-0.4, -0.2) is 24.7 Å². The molecule has 0 atom stereocenters. The molecule has 6 nitrogen and oxygen atoms in total. The molecule has 7 heteroatoms. The molecule has 0 radical (unpaired) electrons. The Bertz CT molecular complexity index is 1330. The SMILES string of the molecule is CC(C)(C)c1ccc(-c2nnc(SCc3nc4ccccc4c(=O)[nH]3)n2C2CCCC2)cc1. The number of benzene rings is 2. The Morgan fingerprint density at radius 2 is 1.76 bits per heavy atom. The minimum Gasteiger partial charge on any atom is -0.309 e. The number of rotatable bonds is 5. The van der Waals surface area contributed by atoms with E-state index in [1.54, 1.807) is 17.8 Å². The first kappa shape index (κ1) is 21.9. The molecular formula is C26H29N5OS. The molecule has 1 fully saturated rings. The second kappa shape index (κ2) is 8.78. The standard InChI is InChI=1S/C26H29N5OS/c1-26(2,3)18-14-12-17(13-15-18)23-29-30-25(31(23)19-8-4-5-9-19)33-16-22-27-21-11-7-6-10-20(21)24(32)28-22/h6-7,10-15,19H,4-5,8-9,16H2,1-3H3,(H,27,28,32). The van der Waals surface area contributed by atoms with Crippen LogP contribution < -0.4 is 5.56 Å². The van der Waals surface area contributed by atoms with Crippen LogP contribution in [0.3, 0.4) is 0 Å². The molecule has 4 aromatic rings. The van der Waals surface area contributed by atoms with Gasteiger partial charge in [-0.3, -0.25) is 9.36 Å². The summed E-state index contributed by atoms with van der Waals surface area (Å²) in [5, 5.41) is 10.7. The molecule has 0 bridgehead atoms. The molecule has 1 aliphatic carbocycles. The van der Waals surface area contributed by atoms with Crippen molar-refractivity contribution >= 4 is 22.7 Å². The van der Waals surface area contributed by atoms with Crippen molar-refractivity contribution in [2.24, 2.45) is 0 Å². The maximum atomic E-state index is 12.4. The molecule has 5 rings (SSSR count). The average Bonchev–Trinajstić information content (AvgIpc) is 3.47. The second-order valence-corrected chi connectivity index (χ2v) is 10.7. The fourth-order valence-corrected chi connectivity index (χ4v) is 5.40. The number of nitrogens with zero attached hydrogens (tertiary/aromatic N) is 4. The van der Waals surface area contributed by atoms with E-state index in [9.17, 15) is 4.79 Å². The fraction of sp³-hybridized carbons (Fsp3) is 0.385. The fourth-order valence-electron chi connectivity index (χ4n) is 4.52. The third-order valence-corrected chi connectivity index (χ3v) is 7.32. The largest absolute Gasteiger partial charge is 0.309 e.